The minimum atomic E-state index is -1.22. The molecule has 2 rings (SSSR count). The second-order valence-corrected chi connectivity index (χ2v) is 3.75. The molecule has 0 amide bonds. The molecule has 100 valence electrons. The van der Waals surface area contributed by atoms with Crippen molar-refractivity contribution in [3.8, 4) is 5.75 Å². The summed E-state index contributed by atoms with van der Waals surface area (Å²) in [4.78, 5) is 26.6. The van der Waals surface area contributed by atoms with Gasteiger partial charge >= 0.3 is 5.97 Å². The maximum Gasteiger partial charge on any atom is 0.352 e. The molecule has 0 atom stereocenters. The number of aromatic nitrogens is 3. The summed E-state index contributed by atoms with van der Waals surface area (Å²) in [5.41, 5.74) is -0.673. The van der Waals surface area contributed by atoms with E-state index in [-0.39, 0.29) is 18.0 Å². The quantitative estimate of drug-likeness (QED) is 0.846. The molecule has 0 spiro atoms. The SMILES string of the molecule is COc1cn(Cc2noc(C)n2)c(C(=O)O)cc1=O. The molecule has 0 aliphatic carbocycles. The van der Waals surface area contributed by atoms with Crippen LogP contribution >= 0.6 is 0 Å². The number of aryl methyl sites for hydroxylation is 1. The predicted molar refractivity (Wildman–Crippen MR) is 62.4 cm³/mol. The number of rotatable bonds is 4. The molecule has 0 unspecified atom stereocenters. The van der Waals surface area contributed by atoms with Gasteiger partial charge in [-0.15, -0.1) is 0 Å². The van der Waals surface area contributed by atoms with Gasteiger partial charge in [-0.1, -0.05) is 5.16 Å². The molecular formula is C11H11N3O5. The van der Waals surface area contributed by atoms with Crippen molar-refractivity contribution in [3.63, 3.8) is 0 Å². The van der Waals surface area contributed by atoms with Gasteiger partial charge in [-0.2, -0.15) is 4.98 Å². The maximum atomic E-state index is 11.5. The molecule has 0 aliphatic rings. The molecule has 1 N–H and O–H groups in total. The van der Waals surface area contributed by atoms with Crippen LogP contribution in [0, 0.1) is 6.92 Å². The summed E-state index contributed by atoms with van der Waals surface area (Å²) >= 11 is 0. The van der Waals surface area contributed by atoms with Crippen LogP contribution in [-0.4, -0.2) is 32.9 Å². The van der Waals surface area contributed by atoms with Crippen molar-refractivity contribution < 1.29 is 19.2 Å². The molecule has 0 fully saturated rings. The van der Waals surface area contributed by atoms with Crippen LogP contribution in [0.1, 0.15) is 22.2 Å². The fraction of sp³-hybridized carbons (Fsp3) is 0.273. The van der Waals surface area contributed by atoms with E-state index in [1.54, 1.807) is 6.92 Å². The number of pyridine rings is 1. The lowest BCUT2D eigenvalue weighted by molar-refractivity contribution is 0.0684. The van der Waals surface area contributed by atoms with Crippen molar-refractivity contribution in [1.29, 1.82) is 0 Å². The molecule has 0 saturated heterocycles. The molecule has 2 aromatic heterocycles. The number of carboxylic acid groups (broad SMARTS) is 1. The minimum absolute atomic E-state index is 0.0465. The maximum absolute atomic E-state index is 11.5. The van der Waals surface area contributed by atoms with E-state index in [2.05, 4.69) is 10.1 Å². The van der Waals surface area contributed by atoms with E-state index >= 15 is 0 Å². The zero-order chi connectivity index (χ0) is 14.0. The van der Waals surface area contributed by atoms with Crippen LogP contribution in [0.3, 0.4) is 0 Å². The Balaban J connectivity index is 2.47. The fourth-order valence-electron chi connectivity index (χ4n) is 1.58. The lowest BCUT2D eigenvalue weighted by atomic mass is 10.3. The van der Waals surface area contributed by atoms with Gasteiger partial charge in [-0.3, -0.25) is 4.79 Å². The summed E-state index contributed by atoms with van der Waals surface area (Å²) in [6.07, 6.45) is 1.30. The van der Waals surface area contributed by atoms with Crippen molar-refractivity contribution >= 4 is 5.97 Å². The number of hydrogen-bond acceptors (Lipinski definition) is 6. The Hall–Kier alpha value is -2.64. The summed E-state index contributed by atoms with van der Waals surface area (Å²) in [6, 6.07) is 0.994. The number of hydrogen-bond donors (Lipinski definition) is 1. The van der Waals surface area contributed by atoms with Crippen LogP contribution < -0.4 is 10.2 Å². The number of nitrogens with zero attached hydrogens (tertiary/aromatic N) is 3. The third-order valence-corrected chi connectivity index (χ3v) is 2.41. The minimum Gasteiger partial charge on any atom is -0.491 e. The van der Waals surface area contributed by atoms with Crippen LogP contribution in [0.5, 0.6) is 5.75 Å². The average Bonchev–Trinajstić information content (AvgIpc) is 2.76. The van der Waals surface area contributed by atoms with Gasteiger partial charge in [-0.05, 0) is 0 Å². The molecule has 8 heteroatoms. The molecule has 0 saturated carbocycles. The van der Waals surface area contributed by atoms with Gasteiger partial charge in [0.25, 0.3) is 0 Å². The summed E-state index contributed by atoms with van der Waals surface area (Å²) in [5.74, 6) is -0.490. The Morgan fingerprint density at radius 3 is 2.84 bits per heavy atom. The fourth-order valence-corrected chi connectivity index (χ4v) is 1.58. The van der Waals surface area contributed by atoms with Gasteiger partial charge in [0.05, 0.1) is 19.9 Å². The van der Waals surface area contributed by atoms with Crippen LogP contribution in [0.4, 0.5) is 0 Å². The van der Waals surface area contributed by atoms with E-state index in [9.17, 15) is 9.59 Å². The zero-order valence-electron chi connectivity index (χ0n) is 10.3. The number of ether oxygens (including phenoxy) is 1. The van der Waals surface area contributed by atoms with E-state index < -0.39 is 11.4 Å². The Bertz CT molecular complexity index is 673. The molecule has 2 heterocycles. The molecule has 0 radical (unpaired) electrons. The predicted octanol–water partition coefficient (Wildman–Crippen LogP) is 0.295. The largest absolute Gasteiger partial charge is 0.491 e. The van der Waals surface area contributed by atoms with E-state index in [4.69, 9.17) is 14.4 Å². The molecular weight excluding hydrogens is 254 g/mol. The topological polar surface area (TPSA) is 107 Å². The first-order valence-electron chi connectivity index (χ1n) is 5.32. The summed E-state index contributed by atoms with van der Waals surface area (Å²) in [6.45, 7) is 1.69. The van der Waals surface area contributed by atoms with E-state index in [0.29, 0.717) is 11.7 Å². The first-order valence-corrected chi connectivity index (χ1v) is 5.32. The van der Waals surface area contributed by atoms with Crippen molar-refractivity contribution in [2.45, 2.75) is 13.5 Å². The van der Waals surface area contributed by atoms with E-state index in [0.717, 1.165) is 6.07 Å². The Kier molecular flexibility index (Phi) is 3.32. The van der Waals surface area contributed by atoms with Crippen LogP contribution in [-0.2, 0) is 6.54 Å². The van der Waals surface area contributed by atoms with Gasteiger partial charge in [0.1, 0.15) is 5.69 Å². The third kappa shape index (κ3) is 2.62. The summed E-state index contributed by atoms with van der Waals surface area (Å²) < 4.78 is 11.0. The van der Waals surface area contributed by atoms with Gasteiger partial charge in [-0.25, -0.2) is 4.79 Å². The van der Waals surface area contributed by atoms with Gasteiger partial charge in [0.15, 0.2) is 11.6 Å². The average molecular weight is 265 g/mol. The van der Waals surface area contributed by atoms with Gasteiger partial charge in [0, 0.05) is 13.0 Å². The highest BCUT2D eigenvalue weighted by Gasteiger charge is 2.15. The summed E-state index contributed by atoms with van der Waals surface area (Å²) in [5, 5.41) is 12.7. The lowest BCUT2D eigenvalue weighted by Crippen LogP contribution is -2.19. The second-order valence-electron chi connectivity index (χ2n) is 3.75. The monoisotopic (exact) mass is 265 g/mol. The van der Waals surface area contributed by atoms with Crippen LogP contribution in [0.15, 0.2) is 21.6 Å². The van der Waals surface area contributed by atoms with Gasteiger partial charge < -0.3 is 18.9 Å². The Labute approximate surface area is 107 Å². The molecule has 19 heavy (non-hydrogen) atoms. The second kappa shape index (κ2) is 4.92. The molecule has 0 bridgehead atoms. The number of aromatic carboxylic acids is 1. The molecule has 0 aromatic carbocycles. The highest BCUT2D eigenvalue weighted by molar-refractivity contribution is 5.85. The molecule has 0 aliphatic heterocycles. The lowest BCUT2D eigenvalue weighted by Gasteiger charge is -2.09. The standard InChI is InChI=1S/C11H11N3O5/c1-6-12-10(13-19-6)5-14-4-9(18-2)8(15)3-7(14)11(16)17/h3-4H,5H2,1-2H3,(H,16,17). The Morgan fingerprint density at radius 1 is 1.58 bits per heavy atom. The summed E-state index contributed by atoms with van der Waals surface area (Å²) in [7, 11) is 1.33. The third-order valence-electron chi connectivity index (χ3n) is 2.41. The first kappa shape index (κ1) is 12.8. The number of carbonyl (C=O) groups is 1. The van der Waals surface area contributed by atoms with Crippen LogP contribution in [0.2, 0.25) is 0 Å². The zero-order valence-corrected chi connectivity index (χ0v) is 10.3. The highest BCUT2D eigenvalue weighted by Crippen LogP contribution is 2.09. The van der Waals surface area contributed by atoms with Crippen molar-refractivity contribution in [3.05, 3.63) is 39.9 Å². The highest BCUT2D eigenvalue weighted by atomic mass is 16.5. The molecule has 2 aromatic rings. The number of methoxy groups -OCH3 is 1. The van der Waals surface area contributed by atoms with Crippen LogP contribution in [0.25, 0.3) is 0 Å². The van der Waals surface area contributed by atoms with Crippen molar-refractivity contribution in [1.82, 2.24) is 14.7 Å². The van der Waals surface area contributed by atoms with E-state index in [1.807, 2.05) is 0 Å². The van der Waals surface area contributed by atoms with Gasteiger partial charge in [0.2, 0.25) is 11.3 Å². The van der Waals surface area contributed by atoms with E-state index in [1.165, 1.54) is 17.9 Å². The molecule has 8 nitrogen and oxygen atoms in total. The normalized spacial score (nSPS) is 10.4. The van der Waals surface area contributed by atoms with Crippen molar-refractivity contribution in [2.75, 3.05) is 7.11 Å². The number of carboxylic acids is 1. The Morgan fingerprint density at radius 2 is 2.32 bits per heavy atom. The first-order chi connectivity index (χ1) is 9.01. The van der Waals surface area contributed by atoms with Crippen molar-refractivity contribution in [2.24, 2.45) is 0 Å². The smallest absolute Gasteiger partial charge is 0.352 e.